The molecule has 0 atom stereocenters. The molecule has 0 bridgehead atoms. The van der Waals surface area contributed by atoms with E-state index in [1.54, 1.807) is 24.5 Å². The summed E-state index contributed by atoms with van der Waals surface area (Å²) in [5.74, 6) is 0.194. The topological polar surface area (TPSA) is 74.8 Å². The quantitative estimate of drug-likeness (QED) is 0.783. The zero-order chi connectivity index (χ0) is 18.1. The molecule has 0 fully saturated rings. The molecule has 0 aliphatic carbocycles. The minimum absolute atomic E-state index is 0.117. The Hall–Kier alpha value is -2.93. The highest BCUT2D eigenvalue weighted by atomic mass is 19.1. The monoisotopic (exact) mass is 351 g/mol. The molecular formula is C19H18FN5O. The number of nitrogens with zero attached hydrogens (tertiary/aromatic N) is 4. The Morgan fingerprint density at radius 1 is 1.19 bits per heavy atom. The van der Waals surface area contributed by atoms with Crippen LogP contribution in [0.2, 0.25) is 0 Å². The average Bonchev–Trinajstić information content (AvgIpc) is 2.64. The summed E-state index contributed by atoms with van der Waals surface area (Å²) in [5.41, 5.74) is 3.76. The second kappa shape index (κ2) is 6.76. The summed E-state index contributed by atoms with van der Waals surface area (Å²) >= 11 is 0. The smallest absolute Gasteiger partial charge is 0.254 e. The molecule has 0 amide bonds. The van der Waals surface area contributed by atoms with Crippen LogP contribution in [0.3, 0.4) is 0 Å². The first-order valence-corrected chi connectivity index (χ1v) is 8.46. The number of aromatic nitrogens is 4. The molecule has 3 heterocycles. The lowest BCUT2D eigenvalue weighted by Crippen LogP contribution is -2.35. The predicted octanol–water partition coefficient (Wildman–Crippen LogP) is 2.23. The summed E-state index contributed by atoms with van der Waals surface area (Å²) < 4.78 is 13.1. The molecule has 4 rings (SSSR count). The van der Waals surface area contributed by atoms with Crippen molar-refractivity contribution in [2.45, 2.75) is 26.4 Å². The Balaban J connectivity index is 1.60. The minimum Gasteiger partial charge on any atom is -0.305 e. The molecule has 0 saturated heterocycles. The van der Waals surface area contributed by atoms with Crippen molar-refractivity contribution in [3.8, 4) is 11.5 Å². The number of halogens is 1. The van der Waals surface area contributed by atoms with Crippen LogP contribution in [0.5, 0.6) is 0 Å². The van der Waals surface area contributed by atoms with Crippen molar-refractivity contribution in [3.05, 3.63) is 75.3 Å². The lowest BCUT2D eigenvalue weighted by Gasteiger charge is -2.27. The van der Waals surface area contributed by atoms with Crippen LogP contribution in [0.1, 0.15) is 22.5 Å². The van der Waals surface area contributed by atoms with Crippen molar-refractivity contribution in [2.24, 2.45) is 0 Å². The third kappa shape index (κ3) is 3.39. The van der Waals surface area contributed by atoms with Gasteiger partial charge in [-0.05, 0) is 31.0 Å². The number of aryl methyl sites for hydroxylation is 1. The van der Waals surface area contributed by atoms with E-state index < -0.39 is 0 Å². The Morgan fingerprint density at radius 3 is 2.73 bits per heavy atom. The molecule has 0 unspecified atom stereocenters. The lowest BCUT2D eigenvalue weighted by atomic mass is 10.1. The average molecular weight is 351 g/mol. The molecule has 6 nitrogen and oxygen atoms in total. The van der Waals surface area contributed by atoms with Crippen molar-refractivity contribution < 1.29 is 4.39 Å². The minimum atomic E-state index is -0.241. The number of aromatic amines is 1. The van der Waals surface area contributed by atoms with Gasteiger partial charge in [-0.1, -0.05) is 12.1 Å². The Morgan fingerprint density at radius 2 is 2.00 bits per heavy atom. The second-order valence-electron chi connectivity index (χ2n) is 6.47. The van der Waals surface area contributed by atoms with Gasteiger partial charge in [-0.15, -0.1) is 0 Å². The molecule has 2 aromatic heterocycles. The van der Waals surface area contributed by atoms with Gasteiger partial charge >= 0.3 is 0 Å². The molecule has 132 valence electrons. The number of hydrogen-bond donors (Lipinski definition) is 1. The molecule has 1 aromatic carbocycles. The Kier molecular flexibility index (Phi) is 4.30. The van der Waals surface area contributed by atoms with Crippen molar-refractivity contribution >= 4 is 0 Å². The molecule has 7 heteroatoms. The first-order chi connectivity index (χ1) is 12.6. The van der Waals surface area contributed by atoms with Crippen LogP contribution in [0.25, 0.3) is 11.5 Å². The molecule has 26 heavy (non-hydrogen) atoms. The van der Waals surface area contributed by atoms with Gasteiger partial charge in [0.15, 0.2) is 5.82 Å². The second-order valence-corrected chi connectivity index (χ2v) is 6.47. The molecule has 0 radical (unpaired) electrons. The summed E-state index contributed by atoms with van der Waals surface area (Å²) in [6.07, 6.45) is 3.90. The largest absolute Gasteiger partial charge is 0.305 e. The van der Waals surface area contributed by atoms with Crippen molar-refractivity contribution in [2.75, 3.05) is 6.54 Å². The van der Waals surface area contributed by atoms with Gasteiger partial charge in [0, 0.05) is 31.4 Å². The highest BCUT2D eigenvalue weighted by molar-refractivity contribution is 5.48. The van der Waals surface area contributed by atoms with Crippen LogP contribution < -0.4 is 5.56 Å². The molecule has 1 aliphatic heterocycles. The fraction of sp³-hybridized carbons (Fsp3) is 0.263. The van der Waals surface area contributed by atoms with Crippen LogP contribution in [0, 0.1) is 12.7 Å². The number of benzene rings is 1. The summed E-state index contributed by atoms with van der Waals surface area (Å²) in [4.78, 5) is 30.6. The maximum atomic E-state index is 13.1. The van der Waals surface area contributed by atoms with E-state index in [9.17, 15) is 9.18 Å². The summed E-state index contributed by atoms with van der Waals surface area (Å²) in [5, 5.41) is 0. The summed E-state index contributed by atoms with van der Waals surface area (Å²) in [6.45, 7) is 3.88. The standard InChI is InChI=1S/C19H18FN5O/c1-12-8-22-16(9-21-12)18-23-17-11-25(7-6-15(17)19(26)24-18)10-13-2-4-14(20)5-3-13/h2-5,8-9H,6-7,10-11H2,1H3,(H,23,24,26). The van der Waals surface area contributed by atoms with Crippen LogP contribution in [0.15, 0.2) is 41.5 Å². The lowest BCUT2D eigenvalue weighted by molar-refractivity contribution is 0.240. The maximum Gasteiger partial charge on any atom is 0.254 e. The highest BCUT2D eigenvalue weighted by Crippen LogP contribution is 2.19. The number of rotatable bonds is 3. The molecule has 0 saturated carbocycles. The van der Waals surface area contributed by atoms with E-state index in [4.69, 9.17) is 0 Å². The van der Waals surface area contributed by atoms with E-state index in [1.165, 1.54) is 12.1 Å². The first-order valence-electron chi connectivity index (χ1n) is 8.46. The third-order valence-corrected chi connectivity index (χ3v) is 4.50. The Bertz CT molecular complexity index is 982. The SMILES string of the molecule is Cc1cnc(-c2nc3c(c(=O)[nH]2)CCN(Cc2ccc(F)cc2)C3)cn1. The van der Waals surface area contributed by atoms with Gasteiger partial charge < -0.3 is 4.98 Å². The van der Waals surface area contributed by atoms with Crippen LogP contribution in [-0.2, 0) is 19.5 Å². The van der Waals surface area contributed by atoms with Crippen LogP contribution in [-0.4, -0.2) is 31.4 Å². The predicted molar refractivity (Wildman–Crippen MR) is 94.8 cm³/mol. The Labute approximate surface area is 149 Å². The van der Waals surface area contributed by atoms with E-state index in [2.05, 4.69) is 24.8 Å². The zero-order valence-corrected chi connectivity index (χ0v) is 14.4. The van der Waals surface area contributed by atoms with Gasteiger partial charge in [0.25, 0.3) is 5.56 Å². The fourth-order valence-electron chi connectivity index (χ4n) is 3.11. The van der Waals surface area contributed by atoms with Crippen molar-refractivity contribution in [1.82, 2.24) is 24.8 Å². The van der Waals surface area contributed by atoms with Gasteiger partial charge in [-0.3, -0.25) is 14.7 Å². The van der Waals surface area contributed by atoms with E-state index in [-0.39, 0.29) is 11.4 Å². The maximum absolute atomic E-state index is 13.1. The van der Waals surface area contributed by atoms with E-state index >= 15 is 0 Å². The van der Waals surface area contributed by atoms with E-state index in [1.807, 2.05) is 6.92 Å². The number of fused-ring (bicyclic) bond motifs is 1. The zero-order valence-electron chi connectivity index (χ0n) is 14.4. The van der Waals surface area contributed by atoms with Gasteiger partial charge in [-0.2, -0.15) is 0 Å². The molecule has 1 N–H and O–H groups in total. The van der Waals surface area contributed by atoms with Crippen molar-refractivity contribution in [3.63, 3.8) is 0 Å². The first kappa shape index (κ1) is 16.5. The number of nitrogens with one attached hydrogen (secondary N) is 1. The fourth-order valence-corrected chi connectivity index (χ4v) is 3.11. The van der Waals surface area contributed by atoms with Crippen LogP contribution in [0.4, 0.5) is 4.39 Å². The van der Waals surface area contributed by atoms with Crippen molar-refractivity contribution in [1.29, 1.82) is 0 Å². The summed E-state index contributed by atoms with van der Waals surface area (Å²) in [6, 6.07) is 6.49. The van der Waals surface area contributed by atoms with E-state index in [0.717, 1.165) is 29.1 Å². The van der Waals surface area contributed by atoms with Gasteiger partial charge in [0.1, 0.15) is 11.5 Å². The molecule has 1 aliphatic rings. The normalized spacial score (nSPS) is 14.2. The van der Waals surface area contributed by atoms with Gasteiger partial charge in [-0.25, -0.2) is 14.4 Å². The summed E-state index contributed by atoms with van der Waals surface area (Å²) in [7, 11) is 0. The number of H-pyrrole nitrogens is 1. The molecular weight excluding hydrogens is 333 g/mol. The highest BCUT2D eigenvalue weighted by Gasteiger charge is 2.21. The molecule has 3 aromatic rings. The van der Waals surface area contributed by atoms with Crippen LogP contribution >= 0.6 is 0 Å². The van der Waals surface area contributed by atoms with E-state index in [0.29, 0.717) is 31.0 Å². The van der Waals surface area contributed by atoms with Gasteiger partial charge in [0.05, 0.1) is 17.6 Å². The van der Waals surface area contributed by atoms with Gasteiger partial charge in [0.2, 0.25) is 0 Å². The molecule has 0 spiro atoms. The third-order valence-electron chi connectivity index (χ3n) is 4.50. The number of hydrogen-bond acceptors (Lipinski definition) is 5.